The number of hydrogen-bond acceptors (Lipinski definition) is 4. The lowest BCUT2D eigenvalue weighted by atomic mass is 9.90. The van der Waals surface area contributed by atoms with Crippen LogP contribution in [0.5, 0.6) is 5.75 Å². The van der Waals surface area contributed by atoms with Gasteiger partial charge in [0.15, 0.2) is 0 Å². The number of hydrogen-bond donors (Lipinski definition) is 0. The molecule has 3 rings (SSSR count). The van der Waals surface area contributed by atoms with Crippen LogP contribution in [0.25, 0.3) is 0 Å². The summed E-state index contributed by atoms with van der Waals surface area (Å²) in [6.07, 6.45) is 1.47. The molecule has 2 aromatic carbocycles. The van der Waals surface area contributed by atoms with Crippen LogP contribution in [0.1, 0.15) is 37.3 Å². The van der Waals surface area contributed by atoms with Crippen molar-refractivity contribution in [1.82, 2.24) is 4.90 Å². The van der Waals surface area contributed by atoms with Crippen molar-refractivity contribution in [2.75, 3.05) is 20.7 Å². The standard InChI is InChI=1S/C24H31NO3.ClH/c1-17-16-25(3)18(2)14-23(17)28-24(26)22(20-8-6-5-7-9-20)15-19-10-12-21(27-4)13-11-19;/h5-13,17-18,22-23H,14-16H2,1-4H3;1H. The Morgan fingerprint density at radius 3 is 2.38 bits per heavy atom. The number of methoxy groups -OCH3 is 1. The molecule has 0 bridgehead atoms. The molecule has 0 aromatic heterocycles. The summed E-state index contributed by atoms with van der Waals surface area (Å²) in [5.74, 6) is 0.715. The van der Waals surface area contributed by atoms with E-state index in [9.17, 15) is 4.79 Å². The lowest BCUT2D eigenvalue weighted by Gasteiger charge is -2.39. The van der Waals surface area contributed by atoms with Gasteiger partial charge in [0.2, 0.25) is 0 Å². The highest BCUT2D eigenvalue weighted by atomic mass is 35.5. The van der Waals surface area contributed by atoms with Gasteiger partial charge in [0.05, 0.1) is 13.0 Å². The fourth-order valence-corrected chi connectivity index (χ4v) is 3.92. The van der Waals surface area contributed by atoms with Gasteiger partial charge in [0, 0.05) is 18.5 Å². The maximum atomic E-state index is 13.2. The van der Waals surface area contributed by atoms with Crippen LogP contribution in [-0.4, -0.2) is 43.7 Å². The molecule has 4 nitrogen and oxygen atoms in total. The minimum absolute atomic E-state index is 0. The summed E-state index contributed by atoms with van der Waals surface area (Å²) in [5.41, 5.74) is 2.09. The Hall–Kier alpha value is -2.04. The zero-order chi connectivity index (χ0) is 20.1. The van der Waals surface area contributed by atoms with Gasteiger partial charge in [-0.2, -0.15) is 0 Å². The van der Waals surface area contributed by atoms with E-state index in [1.807, 2.05) is 54.6 Å². The SMILES string of the molecule is COc1ccc(CC(C(=O)OC2CC(C)N(C)CC2C)c2ccccc2)cc1.Cl. The van der Waals surface area contributed by atoms with Crippen molar-refractivity contribution < 1.29 is 14.3 Å². The van der Waals surface area contributed by atoms with Crippen LogP contribution < -0.4 is 4.74 Å². The van der Waals surface area contributed by atoms with Crippen molar-refractivity contribution in [3.63, 3.8) is 0 Å². The average molecular weight is 418 g/mol. The fraction of sp³-hybridized carbons (Fsp3) is 0.458. The van der Waals surface area contributed by atoms with Gasteiger partial charge in [-0.15, -0.1) is 12.4 Å². The number of ether oxygens (including phenoxy) is 2. The van der Waals surface area contributed by atoms with E-state index in [2.05, 4.69) is 25.8 Å². The third-order valence-corrected chi connectivity index (χ3v) is 5.89. The number of esters is 1. The highest BCUT2D eigenvalue weighted by Crippen LogP contribution is 2.28. The van der Waals surface area contributed by atoms with Crippen molar-refractivity contribution >= 4 is 18.4 Å². The van der Waals surface area contributed by atoms with Gasteiger partial charge in [-0.05, 0) is 50.1 Å². The average Bonchev–Trinajstić information content (AvgIpc) is 2.71. The first-order chi connectivity index (χ1) is 13.5. The largest absolute Gasteiger partial charge is 0.497 e. The van der Waals surface area contributed by atoms with Crippen molar-refractivity contribution in [2.45, 2.75) is 44.8 Å². The van der Waals surface area contributed by atoms with Crippen LogP contribution in [-0.2, 0) is 16.0 Å². The number of carbonyl (C=O) groups is 1. The first-order valence-electron chi connectivity index (χ1n) is 10.1. The molecule has 158 valence electrons. The second kappa shape index (κ2) is 10.7. The monoisotopic (exact) mass is 417 g/mol. The number of piperidine rings is 1. The van der Waals surface area contributed by atoms with E-state index in [1.54, 1.807) is 7.11 Å². The van der Waals surface area contributed by atoms with Gasteiger partial charge in [-0.3, -0.25) is 4.79 Å². The zero-order valence-electron chi connectivity index (χ0n) is 17.7. The molecule has 1 aliphatic rings. The van der Waals surface area contributed by atoms with Crippen molar-refractivity contribution in [3.05, 3.63) is 65.7 Å². The molecule has 1 fully saturated rings. The smallest absolute Gasteiger partial charge is 0.314 e. The Kier molecular flexibility index (Phi) is 8.54. The number of rotatable bonds is 6. The second-order valence-electron chi connectivity index (χ2n) is 7.99. The molecule has 0 spiro atoms. The number of benzene rings is 2. The third kappa shape index (κ3) is 5.97. The van der Waals surface area contributed by atoms with Gasteiger partial charge in [-0.1, -0.05) is 49.4 Å². The van der Waals surface area contributed by atoms with Crippen molar-refractivity contribution in [2.24, 2.45) is 5.92 Å². The number of halogens is 1. The van der Waals surface area contributed by atoms with Crippen LogP contribution in [0.15, 0.2) is 54.6 Å². The van der Waals surface area contributed by atoms with Crippen molar-refractivity contribution in [1.29, 1.82) is 0 Å². The predicted octanol–water partition coefficient (Wildman–Crippen LogP) is 4.72. The molecule has 4 unspecified atom stereocenters. The number of nitrogens with zero attached hydrogens (tertiary/aromatic N) is 1. The van der Waals surface area contributed by atoms with E-state index in [4.69, 9.17) is 9.47 Å². The summed E-state index contributed by atoms with van der Waals surface area (Å²) in [5, 5.41) is 0. The van der Waals surface area contributed by atoms with Gasteiger partial charge in [0.25, 0.3) is 0 Å². The third-order valence-electron chi connectivity index (χ3n) is 5.89. The van der Waals surface area contributed by atoms with Gasteiger partial charge >= 0.3 is 5.97 Å². The number of carbonyl (C=O) groups excluding carboxylic acids is 1. The summed E-state index contributed by atoms with van der Waals surface area (Å²) in [7, 11) is 3.79. The molecule has 1 aliphatic heterocycles. The lowest BCUT2D eigenvalue weighted by molar-refractivity contribution is -0.157. The summed E-state index contributed by atoms with van der Waals surface area (Å²) in [6.45, 7) is 5.31. The quantitative estimate of drug-likeness (QED) is 0.638. The highest BCUT2D eigenvalue weighted by Gasteiger charge is 2.33. The summed E-state index contributed by atoms with van der Waals surface area (Å²) in [6, 6.07) is 18.3. The maximum absolute atomic E-state index is 13.2. The van der Waals surface area contributed by atoms with Crippen LogP contribution in [0.4, 0.5) is 0 Å². The van der Waals surface area contributed by atoms with E-state index in [0.717, 1.165) is 29.8 Å². The van der Waals surface area contributed by atoms with Crippen LogP contribution in [0.3, 0.4) is 0 Å². The molecular weight excluding hydrogens is 386 g/mol. The molecule has 1 saturated heterocycles. The molecule has 0 radical (unpaired) electrons. The number of likely N-dealkylation sites (tertiary alicyclic amines) is 1. The molecule has 4 atom stereocenters. The highest BCUT2D eigenvalue weighted by molar-refractivity contribution is 5.85. The minimum Gasteiger partial charge on any atom is -0.497 e. The molecule has 0 amide bonds. The first kappa shape index (κ1) is 23.2. The first-order valence-corrected chi connectivity index (χ1v) is 10.1. The predicted molar refractivity (Wildman–Crippen MR) is 119 cm³/mol. The Bertz CT molecular complexity index is 765. The Morgan fingerprint density at radius 1 is 1.10 bits per heavy atom. The molecular formula is C24H32ClNO3. The minimum atomic E-state index is -0.309. The second-order valence-corrected chi connectivity index (χ2v) is 7.99. The van der Waals surface area contributed by atoms with E-state index in [-0.39, 0.29) is 30.4 Å². The fourth-order valence-electron chi connectivity index (χ4n) is 3.92. The van der Waals surface area contributed by atoms with E-state index in [0.29, 0.717) is 18.4 Å². The molecule has 5 heteroatoms. The van der Waals surface area contributed by atoms with Crippen LogP contribution in [0.2, 0.25) is 0 Å². The summed E-state index contributed by atoms with van der Waals surface area (Å²) >= 11 is 0. The molecule has 29 heavy (non-hydrogen) atoms. The van der Waals surface area contributed by atoms with E-state index < -0.39 is 0 Å². The molecule has 0 N–H and O–H groups in total. The van der Waals surface area contributed by atoms with Crippen LogP contribution >= 0.6 is 12.4 Å². The van der Waals surface area contributed by atoms with Crippen molar-refractivity contribution in [3.8, 4) is 5.75 Å². The van der Waals surface area contributed by atoms with Gasteiger partial charge < -0.3 is 14.4 Å². The Balaban J connectivity index is 0.00000300. The lowest BCUT2D eigenvalue weighted by Crippen LogP contribution is -2.47. The van der Waals surface area contributed by atoms with Gasteiger partial charge in [0.1, 0.15) is 11.9 Å². The maximum Gasteiger partial charge on any atom is 0.314 e. The topological polar surface area (TPSA) is 38.8 Å². The normalized spacial score (nSPS) is 23.0. The molecule has 2 aromatic rings. The molecule has 0 saturated carbocycles. The van der Waals surface area contributed by atoms with Gasteiger partial charge in [-0.25, -0.2) is 0 Å². The van der Waals surface area contributed by atoms with E-state index >= 15 is 0 Å². The van der Waals surface area contributed by atoms with Crippen LogP contribution in [0, 0.1) is 5.92 Å². The molecule has 1 heterocycles. The molecule has 0 aliphatic carbocycles. The zero-order valence-corrected chi connectivity index (χ0v) is 18.5. The van der Waals surface area contributed by atoms with E-state index in [1.165, 1.54) is 0 Å². The Morgan fingerprint density at radius 2 is 1.76 bits per heavy atom. The summed E-state index contributed by atoms with van der Waals surface area (Å²) in [4.78, 5) is 15.5. The summed E-state index contributed by atoms with van der Waals surface area (Å²) < 4.78 is 11.3. The Labute approximate surface area is 180 Å².